The van der Waals surface area contributed by atoms with Gasteiger partial charge in [0, 0.05) is 13.0 Å². The molecular weight excluding hydrogens is 304 g/mol. The molecule has 1 aliphatic heterocycles. The standard InChI is InChI=1S/C20H32O4/c21-17-13-9-11-15-19-18(24-19)14-10-7-5-3-1-2-4-6-8-12-16-20(22)23/h1,3-4,6-7,10,18-19,21H,2,5,8-9,11-17H2,(H,22,23)/b3-1-,6-4-,10-7-. The number of rotatable bonds is 15. The Bertz CT molecular complexity index is 412. The zero-order chi connectivity index (χ0) is 17.5. The van der Waals surface area contributed by atoms with E-state index in [0.717, 1.165) is 51.4 Å². The monoisotopic (exact) mass is 336 g/mol. The maximum atomic E-state index is 10.3. The summed E-state index contributed by atoms with van der Waals surface area (Å²) in [5, 5.41) is 17.2. The smallest absolute Gasteiger partial charge is 0.303 e. The van der Waals surface area contributed by atoms with E-state index in [9.17, 15) is 4.79 Å². The first-order chi connectivity index (χ1) is 11.7. The fourth-order valence-corrected chi connectivity index (χ4v) is 2.54. The number of carbonyl (C=O) groups is 1. The molecule has 1 rings (SSSR count). The van der Waals surface area contributed by atoms with Gasteiger partial charge in [-0.1, -0.05) is 49.3 Å². The average Bonchev–Trinajstić information content (AvgIpc) is 3.30. The van der Waals surface area contributed by atoms with Crippen molar-refractivity contribution in [1.82, 2.24) is 0 Å². The SMILES string of the molecule is O=C(O)CCC/C=C\C/C=C\C/C=C\CC1OC1CCCCCO. The largest absolute Gasteiger partial charge is 0.481 e. The molecule has 0 radical (unpaired) electrons. The Kier molecular flexibility index (Phi) is 12.0. The molecule has 0 saturated carbocycles. The van der Waals surface area contributed by atoms with Crippen LogP contribution < -0.4 is 0 Å². The average molecular weight is 336 g/mol. The summed E-state index contributed by atoms with van der Waals surface area (Å²) in [6.07, 6.45) is 22.6. The summed E-state index contributed by atoms with van der Waals surface area (Å²) in [5.74, 6) is -0.723. The van der Waals surface area contributed by atoms with Gasteiger partial charge < -0.3 is 14.9 Å². The van der Waals surface area contributed by atoms with E-state index in [4.69, 9.17) is 14.9 Å². The van der Waals surface area contributed by atoms with Crippen molar-refractivity contribution in [1.29, 1.82) is 0 Å². The fourth-order valence-electron chi connectivity index (χ4n) is 2.54. The quantitative estimate of drug-likeness (QED) is 0.264. The molecule has 0 aliphatic carbocycles. The van der Waals surface area contributed by atoms with Crippen LogP contribution in [0.1, 0.15) is 64.2 Å². The molecule has 4 nitrogen and oxygen atoms in total. The Morgan fingerprint density at radius 3 is 2.29 bits per heavy atom. The lowest BCUT2D eigenvalue weighted by Gasteiger charge is -1.95. The van der Waals surface area contributed by atoms with Gasteiger partial charge in [0.1, 0.15) is 0 Å². The minimum atomic E-state index is -0.723. The number of carboxylic acids is 1. The number of allylic oxidation sites excluding steroid dienone is 5. The number of aliphatic hydroxyl groups is 1. The first-order valence-corrected chi connectivity index (χ1v) is 9.17. The predicted molar refractivity (Wildman–Crippen MR) is 97.0 cm³/mol. The number of aliphatic hydroxyl groups excluding tert-OH is 1. The number of hydrogen-bond acceptors (Lipinski definition) is 3. The molecule has 24 heavy (non-hydrogen) atoms. The molecule has 0 aromatic heterocycles. The third-order valence-electron chi connectivity index (χ3n) is 4.01. The van der Waals surface area contributed by atoms with Gasteiger partial charge in [-0.2, -0.15) is 0 Å². The number of epoxide rings is 1. The Morgan fingerprint density at radius 2 is 1.58 bits per heavy atom. The van der Waals surface area contributed by atoms with Gasteiger partial charge in [-0.15, -0.1) is 0 Å². The minimum absolute atomic E-state index is 0.249. The van der Waals surface area contributed by atoms with E-state index in [-0.39, 0.29) is 6.42 Å². The number of ether oxygens (including phenoxy) is 1. The number of aliphatic carboxylic acids is 1. The summed E-state index contributed by atoms with van der Waals surface area (Å²) in [5.41, 5.74) is 0. The van der Waals surface area contributed by atoms with Gasteiger partial charge in [-0.05, 0) is 44.9 Å². The first-order valence-electron chi connectivity index (χ1n) is 9.17. The van der Waals surface area contributed by atoms with Crippen LogP contribution in [0.4, 0.5) is 0 Å². The molecule has 0 bridgehead atoms. The normalized spacial score (nSPS) is 20.5. The summed E-state index contributed by atoms with van der Waals surface area (Å²) in [6, 6.07) is 0. The molecule has 136 valence electrons. The Balaban J connectivity index is 1.89. The van der Waals surface area contributed by atoms with Crippen LogP contribution in [0.2, 0.25) is 0 Å². The third-order valence-corrected chi connectivity index (χ3v) is 4.01. The molecule has 2 atom stereocenters. The molecule has 1 heterocycles. The highest BCUT2D eigenvalue weighted by molar-refractivity contribution is 5.66. The molecule has 0 amide bonds. The van der Waals surface area contributed by atoms with Crippen LogP contribution in [0, 0.1) is 0 Å². The molecule has 1 aliphatic rings. The third kappa shape index (κ3) is 12.1. The molecule has 2 unspecified atom stereocenters. The highest BCUT2D eigenvalue weighted by Gasteiger charge is 2.36. The van der Waals surface area contributed by atoms with Gasteiger partial charge >= 0.3 is 5.97 Å². The van der Waals surface area contributed by atoms with Crippen LogP contribution >= 0.6 is 0 Å². The van der Waals surface area contributed by atoms with E-state index in [0.29, 0.717) is 25.2 Å². The Labute approximate surface area is 145 Å². The lowest BCUT2D eigenvalue weighted by Crippen LogP contribution is -1.93. The van der Waals surface area contributed by atoms with E-state index in [1.165, 1.54) is 0 Å². The van der Waals surface area contributed by atoms with Gasteiger partial charge in [0.25, 0.3) is 0 Å². The number of unbranched alkanes of at least 4 members (excludes halogenated alkanes) is 3. The van der Waals surface area contributed by atoms with Crippen molar-refractivity contribution in [2.75, 3.05) is 6.61 Å². The van der Waals surface area contributed by atoms with Gasteiger partial charge in [-0.3, -0.25) is 4.79 Å². The summed E-state index contributed by atoms with van der Waals surface area (Å²) >= 11 is 0. The van der Waals surface area contributed by atoms with Crippen LogP contribution in [0.5, 0.6) is 0 Å². The van der Waals surface area contributed by atoms with Crippen LogP contribution in [-0.2, 0) is 9.53 Å². The maximum Gasteiger partial charge on any atom is 0.303 e. The zero-order valence-corrected chi connectivity index (χ0v) is 14.6. The molecule has 1 fully saturated rings. The zero-order valence-electron chi connectivity index (χ0n) is 14.6. The maximum absolute atomic E-state index is 10.3. The summed E-state index contributed by atoms with van der Waals surface area (Å²) in [7, 11) is 0. The Morgan fingerprint density at radius 1 is 0.875 bits per heavy atom. The van der Waals surface area contributed by atoms with Gasteiger partial charge in [0.2, 0.25) is 0 Å². The van der Waals surface area contributed by atoms with E-state index in [1.807, 2.05) is 6.08 Å². The van der Waals surface area contributed by atoms with Crippen LogP contribution in [0.25, 0.3) is 0 Å². The molecule has 0 aromatic rings. The van der Waals surface area contributed by atoms with Crippen molar-refractivity contribution >= 4 is 5.97 Å². The second-order valence-electron chi connectivity index (χ2n) is 6.19. The van der Waals surface area contributed by atoms with E-state index < -0.39 is 5.97 Å². The number of carboxylic acid groups (broad SMARTS) is 1. The second-order valence-corrected chi connectivity index (χ2v) is 6.19. The predicted octanol–water partition coefficient (Wildman–Crippen LogP) is 4.40. The topological polar surface area (TPSA) is 70.1 Å². The van der Waals surface area contributed by atoms with Crippen LogP contribution in [0.3, 0.4) is 0 Å². The van der Waals surface area contributed by atoms with Gasteiger partial charge in [0.15, 0.2) is 0 Å². The highest BCUT2D eigenvalue weighted by Crippen LogP contribution is 2.30. The van der Waals surface area contributed by atoms with E-state index in [1.54, 1.807) is 0 Å². The molecular formula is C20H32O4. The van der Waals surface area contributed by atoms with Crippen LogP contribution in [-0.4, -0.2) is 35.0 Å². The summed E-state index contributed by atoms with van der Waals surface area (Å²) in [6.45, 7) is 0.297. The highest BCUT2D eigenvalue weighted by atomic mass is 16.6. The van der Waals surface area contributed by atoms with Crippen molar-refractivity contribution in [3.63, 3.8) is 0 Å². The Hall–Kier alpha value is -1.39. The molecule has 2 N–H and O–H groups in total. The molecule has 4 heteroatoms. The van der Waals surface area contributed by atoms with Gasteiger partial charge in [0.05, 0.1) is 12.2 Å². The molecule has 0 aromatic carbocycles. The van der Waals surface area contributed by atoms with Crippen molar-refractivity contribution in [3.05, 3.63) is 36.5 Å². The second kappa shape index (κ2) is 14.0. The molecule has 1 saturated heterocycles. The lowest BCUT2D eigenvalue weighted by molar-refractivity contribution is -0.137. The van der Waals surface area contributed by atoms with Gasteiger partial charge in [-0.25, -0.2) is 0 Å². The summed E-state index contributed by atoms with van der Waals surface area (Å²) in [4.78, 5) is 10.3. The van der Waals surface area contributed by atoms with Crippen molar-refractivity contribution in [2.45, 2.75) is 76.4 Å². The van der Waals surface area contributed by atoms with Crippen LogP contribution in [0.15, 0.2) is 36.5 Å². The van der Waals surface area contributed by atoms with Crippen molar-refractivity contribution < 1.29 is 19.7 Å². The fraction of sp³-hybridized carbons (Fsp3) is 0.650. The van der Waals surface area contributed by atoms with Crippen molar-refractivity contribution in [3.8, 4) is 0 Å². The summed E-state index contributed by atoms with van der Waals surface area (Å²) < 4.78 is 5.63. The molecule has 0 spiro atoms. The number of hydrogen-bond donors (Lipinski definition) is 2. The van der Waals surface area contributed by atoms with E-state index >= 15 is 0 Å². The first kappa shape index (κ1) is 20.7. The van der Waals surface area contributed by atoms with Crippen molar-refractivity contribution in [2.24, 2.45) is 0 Å². The lowest BCUT2D eigenvalue weighted by atomic mass is 10.1. The van der Waals surface area contributed by atoms with E-state index in [2.05, 4.69) is 30.4 Å². The minimum Gasteiger partial charge on any atom is -0.481 e.